The van der Waals surface area contributed by atoms with Crippen LogP contribution in [0.15, 0.2) is 0 Å². The topological polar surface area (TPSA) is 89.2 Å². The third-order valence-corrected chi connectivity index (χ3v) is 4.72. The summed E-state index contributed by atoms with van der Waals surface area (Å²) in [6, 6.07) is 0. The zero-order chi connectivity index (χ0) is 14.7. The summed E-state index contributed by atoms with van der Waals surface area (Å²) >= 11 is 0. The molecule has 0 amide bonds. The highest BCUT2D eigenvalue weighted by Crippen LogP contribution is 2.43. The molecule has 1 saturated heterocycles. The summed E-state index contributed by atoms with van der Waals surface area (Å²) in [6.07, 6.45) is 5.09. The number of morpholine rings is 1. The number of rotatable bonds is 5. The molecule has 2 fully saturated rings. The smallest absolute Gasteiger partial charge is 0.232 e. The number of ether oxygens (including phenoxy) is 1. The van der Waals surface area contributed by atoms with E-state index in [1.165, 1.54) is 25.7 Å². The summed E-state index contributed by atoms with van der Waals surface area (Å²) in [5.41, 5.74) is 6.24. The number of anilines is 3. The molecule has 0 bridgehead atoms. The molecule has 3 N–H and O–H groups in total. The van der Waals surface area contributed by atoms with Gasteiger partial charge >= 0.3 is 0 Å². The van der Waals surface area contributed by atoms with Crippen LogP contribution >= 0.6 is 0 Å². The minimum absolute atomic E-state index is 0.271. The second kappa shape index (κ2) is 6.01. The lowest BCUT2D eigenvalue weighted by molar-refractivity contribution is 0.122. The van der Waals surface area contributed by atoms with E-state index in [-0.39, 0.29) is 5.95 Å². The molecular weight excluding hydrogens is 268 g/mol. The van der Waals surface area contributed by atoms with E-state index in [2.05, 4.69) is 32.1 Å². The third kappa shape index (κ3) is 3.18. The van der Waals surface area contributed by atoms with Crippen molar-refractivity contribution in [2.45, 2.75) is 32.6 Å². The van der Waals surface area contributed by atoms with Gasteiger partial charge < -0.3 is 20.7 Å². The van der Waals surface area contributed by atoms with Crippen molar-refractivity contribution in [1.29, 1.82) is 0 Å². The van der Waals surface area contributed by atoms with Crippen molar-refractivity contribution in [3.8, 4) is 0 Å². The largest absolute Gasteiger partial charge is 0.378 e. The highest BCUT2D eigenvalue weighted by Gasteiger charge is 2.35. The predicted molar refractivity (Wildman–Crippen MR) is 82.3 cm³/mol. The van der Waals surface area contributed by atoms with E-state index in [1.807, 2.05) is 0 Å². The summed E-state index contributed by atoms with van der Waals surface area (Å²) in [5, 5.41) is 3.36. The van der Waals surface area contributed by atoms with Gasteiger partial charge in [0.2, 0.25) is 17.8 Å². The molecule has 21 heavy (non-hydrogen) atoms. The monoisotopic (exact) mass is 292 g/mol. The Labute approximate surface area is 125 Å². The van der Waals surface area contributed by atoms with Crippen molar-refractivity contribution in [1.82, 2.24) is 15.0 Å². The van der Waals surface area contributed by atoms with Crippen molar-refractivity contribution in [3.63, 3.8) is 0 Å². The first kappa shape index (κ1) is 14.3. The number of nitrogens with two attached hydrogens (primary N) is 1. The third-order valence-electron chi connectivity index (χ3n) is 4.72. The van der Waals surface area contributed by atoms with E-state index in [9.17, 15) is 0 Å². The number of nitrogen functional groups attached to an aromatic ring is 1. The number of hydrogen-bond donors (Lipinski definition) is 2. The van der Waals surface area contributed by atoms with Crippen LogP contribution in [0.1, 0.15) is 32.6 Å². The standard InChI is InChI=1S/C14H24N6O/c1-2-14(4-3-5-14)10-16-12-17-11(15)18-13(19-12)20-6-8-21-9-7-20/h2-10H2,1H3,(H3,15,16,17,18,19). The first-order valence-electron chi connectivity index (χ1n) is 7.79. The van der Waals surface area contributed by atoms with E-state index in [0.29, 0.717) is 30.5 Å². The maximum absolute atomic E-state index is 5.82. The second-order valence-corrected chi connectivity index (χ2v) is 5.98. The molecule has 2 heterocycles. The van der Waals surface area contributed by atoms with Gasteiger partial charge in [-0.2, -0.15) is 15.0 Å². The molecule has 0 aromatic carbocycles. The Morgan fingerprint density at radius 1 is 1.24 bits per heavy atom. The lowest BCUT2D eigenvalue weighted by Crippen LogP contribution is -2.38. The molecule has 7 heteroatoms. The van der Waals surface area contributed by atoms with Crippen LogP contribution < -0.4 is 16.0 Å². The Hall–Kier alpha value is -1.63. The van der Waals surface area contributed by atoms with Crippen LogP contribution in [0.3, 0.4) is 0 Å². The molecular formula is C14H24N6O. The van der Waals surface area contributed by atoms with Gasteiger partial charge in [0.15, 0.2) is 0 Å². The summed E-state index contributed by atoms with van der Waals surface area (Å²) in [4.78, 5) is 15.1. The maximum atomic E-state index is 5.82. The fourth-order valence-corrected chi connectivity index (χ4v) is 2.96. The van der Waals surface area contributed by atoms with E-state index in [4.69, 9.17) is 10.5 Å². The molecule has 0 atom stereocenters. The van der Waals surface area contributed by atoms with Crippen LogP contribution in [0.25, 0.3) is 0 Å². The fourth-order valence-electron chi connectivity index (χ4n) is 2.96. The quantitative estimate of drug-likeness (QED) is 0.845. The zero-order valence-electron chi connectivity index (χ0n) is 12.6. The molecule has 1 aliphatic heterocycles. The predicted octanol–water partition coefficient (Wildman–Crippen LogP) is 1.28. The van der Waals surface area contributed by atoms with Gasteiger partial charge in [0.1, 0.15) is 0 Å². The van der Waals surface area contributed by atoms with Gasteiger partial charge in [0.25, 0.3) is 0 Å². The Kier molecular flexibility index (Phi) is 4.10. The van der Waals surface area contributed by atoms with Gasteiger partial charge in [-0.3, -0.25) is 0 Å². The Balaban J connectivity index is 1.68. The molecule has 7 nitrogen and oxygen atoms in total. The van der Waals surface area contributed by atoms with Crippen LogP contribution in [0.2, 0.25) is 0 Å². The van der Waals surface area contributed by atoms with Crippen molar-refractivity contribution < 1.29 is 4.74 Å². The second-order valence-electron chi connectivity index (χ2n) is 5.98. The average Bonchev–Trinajstić information content (AvgIpc) is 2.47. The van der Waals surface area contributed by atoms with Crippen LogP contribution in [0.4, 0.5) is 17.8 Å². The molecule has 3 rings (SSSR count). The molecule has 116 valence electrons. The summed E-state index contributed by atoms with van der Waals surface area (Å²) in [7, 11) is 0. The van der Waals surface area contributed by atoms with Crippen molar-refractivity contribution in [2.24, 2.45) is 5.41 Å². The Morgan fingerprint density at radius 2 is 2.00 bits per heavy atom. The van der Waals surface area contributed by atoms with Crippen LogP contribution in [0, 0.1) is 5.41 Å². The Morgan fingerprint density at radius 3 is 2.62 bits per heavy atom. The first-order valence-corrected chi connectivity index (χ1v) is 7.79. The fraction of sp³-hybridized carbons (Fsp3) is 0.786. The molecule has 1 aromatic heterocycles. The summed E-state index contributed by atoms with van der Waals surface area (Å²) < 4.78 is 5.35. The average molecular weight is 292 g/mol. The van der Waals surface area contributed by atoms with Crippen molar-refractivity contribution >= 4 is 17.8 Å². The van der Waals surface area contributed by atoms with Crippen LogP contribution in [-0.4, -0.2) is 47.8 Å². The van der Waals surface area contributed by atoms with Crippen LogP contribution in [0.5, 0.6) is 0 Å². The maximum Gasteiger partial charge on any atom is 0.232 e. The van der Waals surface area contributed by atoms with Crippen LogP contribution in [-0.2, 0) is 4.74 Å². The molecule has 0 unspecified atom stereocenters. The van der Waals surface area contributed by atoms with E-state index in [1.54, 1.807) is 0 Å². The van der Waals surface area contributed by atoms with Gasteiger partial charge in [0.05, 0.1) is 13.2 Å². The number of aromatic nitrogens is 3. The Bertz CT molecular complexity index is 479. The van der Waals surface area contributed by atoms with E-state index in [0.717, 1.165) is 19.6 Å². The molecule has 1 saturated carbocycles. The number of nitrogens with one attached hydrogen (secondary N) is 1. The highest BCUT2D eigenvalue weighted by molar-refractivity contribution is 5.42. The minimum Gasteiger partial charge on any atom is -0.378 e. The van der Waals surface area contributed by atoms with E-state index >= 15 is 0 Å². The highest BCUT2D eigenvalue weighted by atomic mass is 16.5. The minimum atomic E-state index is 0.271. The van der Waals surface area contributed by atoms with Gasteiger partial charge in [-0.15, -0.1) is 0 Å². The summed E-state index contributed by atoms with van der Waals surface area (Å²) in [5.74, 6) is 1.50. The van der Waals surface area contributed by atoms with Crippen molar-refractivity contribution in [3.05, 3.63) is 0 Å². The van der Waals surface area contributed by atoms with Crippen molar-refractivity contribution in [2.75, 3.05) is 48.8 Å². The van der Waals surface area contributed by atoms with Gasteiger partial charge in [-0.05, 0) is 24.7 Å². The molecule has 1 aromatic rings. The molecule has 2 aliphatic rings. The van der Waals surface area contributed by atoms with E-state index < -0.39 is 0 Å². The SMILES string of the molecule is CCC1(CNc2nc(N)nc(N3CCOCC3)n2)CCC1. The molecule has 0 radical (unpaired) electrons. The van der Waals surface area contributed by atoms with Gasteiger partial charge in [0, 0.05) is 19.6 Å². The normalized spacial score (nSPS) is 20.9. The number of hydrogen-bond acceptors (Lipinski definition) is 7. The van der Waals surface area contributed by atoms with Gasteiger partial charge in [-0.25, -0.2) is 0 Å². The number of nitrogens with zero attached hydrogens (tertiary/aromatic N) is 4. The van der Waals surface area contributed by atoms with Gasteiger partial charge in [-0.1, -0.05) is 13.3 Å². The lowest BCUT2D eigenvalue weighted by Gasteiger charge is -2.41. The molecule has 1 aliphatic carbocycles. The summed E-state index contributed by atoms with van der Waals surface area (Å²) in [6.45, 7) is 6.15. The zero-order valence-corrected chi connectivity index (χ0v) is 12.6. The lowest BCUT2D eigenvalue weighted by atomic mass is 9.67. The molecule has 0 spiro atoms. The first-order chi connectivity index (χ1) is 10.2.